The number of aryl methyl sites for hydroxylation is 1. The van der Waals surface area contributed by atoms with Gasteiger partial charge < -0.3 is 0 Å². The molecule has 0 nitrogen and oxygen atoms in total. The van der Waals surface area contributed by atoms with E-state index in [1.807, 2.05) is 6.08 Å². The van der Waals surface area contributed by atoms with Crippen LogP contribution in [0, 0.1) is 12.8 Å². The minimum absolute atomic E-state index is 0.529. The van der Waals surface area contributed by atoms with Gasteiger partial charge in [-0.25, -0.2) is 0 Å². The fourth-order valence-corrected chi connectivity index (χ4v) is 2.43. The van der Waals surface area contributed by atoms with E-state index in [4.69, 9.17) is 0 Å². The SMILES string of the molecule is C=CC(=C(C)C(C)C)c1cccc(-c2ccc(C)cc2)c1. The first-order chi connectivity index (χ1) is 10.0. The maximum Gasteiger partial charge on any atom is -0.0178 e. The third-order valence-corrected chi connectivity index (χ3v) is 4.05. The van der Waals surface area contributed by atoms with E-state index in [0.717, 1.165) is 0 Å². The molecule has 2 rings (SSSR count). The third kappa shape index (κ3) is 3.52. The first-order valence-electron chi connectivity index (χ1n) is 7.53. The van der Waals surface area contributed by atoms with Gasteiger partial charge in [0.1, 0.15) is 0 Å². The Morgan fingerprint density at radius 3 is 2.24 bits per heavy atom. The number of rotatable bonds is 4. The number of hydrogen-bond donors (Lipinski definition) is 0. The molecule has 0 spiro atoms. The predicted molar refractivity (Wildman–Crippen MR) is 94.2 cm³/mol. The normalized spacial score (nSPS) is 12.2. The van der Waals surface area contributed by atoms with Gasteiger partial charge in [0.15, 0.2) is 0 Å². The largest absolute Gasteiger partial charge is 0.0984 e. The van der Waals surface area contributed by atoms with E-state index >= 15 is 0 Å². The molecular formula is C21H24. The van der Waals surface area contributed by atoms with Crippen molar-refractivity contribution in [2.75, 3.05) is 0 Å². The summed E-state index contributed by atoms with van der Waals surface area (Å²) in [7, 11) is 0. The van der Waals surface area contributed by atoms with Crippen molar-refractivity contribution >= 4 is 5.57 Å². The Morgan fingerprint density at radius 2 is 1.67 bits per heavy atom. The molecule has 0 radical (unpaired) electrons. The van der Waals surface area contributed by atoms with Crippen molar-refractivity contribution in [3.63, 3.8) is 0 Å². The molecule has 2 aromatic carbocycles. The lowest BCUT2D eigenvalue weighted by molar-refractivity contribution is 0.773. The van der Waals surface area contributed by atoms with Crippen molar-refractivity contribution in [1.29, 1.82) is 0 Å². The van der Waals surface area contributed by atoms with Crippen molar-refractivity contribution in [2.24, 2.45) is 5.92 Å². The second-order valence-electron chi connectivity index (χ2n) is 5.90. The van der Waals surface area contributed by atoms with E-state index in [0.29, 0.717) is 5.92 Å². The van der Waals surface area contributed by atoms with Gasteiger partial charge >= 0.3 is 0 Å². The number of allylic oxidation sites excluding steroid dienone is 3. The molecule has 0 unspecified atom stereocenters. The molecule has 108 valence electrons. The highest BCUT2D eigenvalue weighted by atomic mass is 14.1. The molecule has 0 bridgehead atoms. The Labute approximate surface area is 128 Å². The molecule has 0 fully saturated rings. The van der Waals surface area contributed by atoms with Gasteiger partial charge in [-0.15, -0.1) is 0 Å². The van der Waals surface area contributed by atoms with Crippen molar-refractivity contribution in [3.8, 4) is 11.1 Å². The second-order valence-corrected chi connectivity index (χ2v) is 5.90. The van der Waals surface area contributed by atoms with E-state index < -0.39 is 0 Å². The summed E-state index contributed by atoms with van der Waals surface area (Å²) < 4.78 is 0. The first-order valence-corrected chi connectivity index (χ1v) is 7.53. The van der Waals surface area contributed by atoms with Gasteiger partial charge in [0.25, 0.3) is 0 Å². The molecule has 0 aromatic heterocycles. The minimum Gasteiger partial charge on any atom is -0.0984 e. The summed E-state index contributed by atoms with van der Waals surface area (Å²) in [6, 6.07) is 17.4. The maximum absolute atomic E-state index is 4.00. The van der Waals surface area contributed by atoms with Crippen molar-refractivity contribution in [1.82, 2.24) is 0 Å². The van der Waals surface area contributed by atoms with Gasteiger partial charge in [0, 0.05) is 0 Å². The molecule has 0 N–H and O–H groups in total. The Bertz CT molecular complexity index is 655. The Balaban J connectivity index is 2.49. The zero-order valence-electron chi connectivity index (χ0n) is 13.5. The predicted octanol–water partition coefficient (Wildman–Crippen LogP) is 6.28. The molecule has 0 saturated carbocycles. The lowest BCUT2D eigenvalue weighted by Gasteiger charge is -2.13. The average Bonchev–Trinajstić information content (AvgIpc) is 2.49. The molecular weight excluding hydrogens is 252 g/mol. The van der Waals surface area contributed by atoms with Crippen LogP contribution in [0.5, 0.6) is 0 Å². The summed E-state index contributed by atoms with van der Waals surface area (Å²) >= 11 is 0. The first kappa shape index (κ1) is 15.3. The second kappa shape index (κ2) is 6.58. The molecule has 0 aliphatic rings. The van der Waals surface area contributed by atoms with Gasteiger partial charge in [-0.2, -0.15) is 0 Å². The van der Waals surface area contributed by atoms with Gasteiger partial charge in [0.05, 0.1) is 0 Å². The standard InChI is InChI=1S/C21H24/c1-6-21(17(5)15(2)3)20-9-7-8-19(14-20)18-12-10-16(4)11-13-18/h6-15H,1H2,2-5H3. The fourth-order valence-electron chi connectivity index (χ4n) is 2.43. The lowest BCUT2D eigenvalue weighted by Crippen LogP contribution is -1.94. The van der Waals surface area contributed by atoms with Crippen LogP contribution in [0.2, 0.25) is 0 Å². The summed E-state index contributed by atoms with van der Waals surface area (Å²) in [5.74, 6) is 0.529. The lowest BCUT2D eigenvalue weighted by atomic mass is 9.92. The zero-order valence-corrected chi connectivity index (χ0v) is 13.5. The molecule has 0 saturated heterocycles. The molecule has 0 heterocycles. The molecule has 0 aliphatic carbocycles. The smallest absolute Gasteiger partial charge is 0.0178 e. The maximum atomic E-state index is 4.00. The third-order valence-electron chi connectivity index (χ3n) is 4.05. The van der Waals surface area contributed by atoms with Crippen LogP contribution >= 0.6 is 0 Å². The van der Waals surface area contributed by atoms with E-state index in [-0.39, 0.29) is 0 Å². The Morgan fingerprint density at radius 1 is 1.00 bits per heavy atom. The summed E-state index contributed by atoms with van der Waals surface area (Å²) in [5, 5.41) is 0. The van der Waals surface area contributed by atoms with Crippen LogP contribution in [0.1, 0.15) is 31.9 Å². The van der Waals surface area contributed by atoms with Crippen LogP contribution in [-0.4, -0.2) is 0 Å². The molecule has 0 atom stereocenters. The van der Waals surface area contributed by atoms with E-state index in [1.165, 1.54) is 33.4 Å². The molecule has 0 aliphatic heterocycles. The molecule has 21 heavy (non-hydrogen) atoms. The van der Waals surface area contributed by atoms with Crippen molar-refractivity contribution < 1.29 is 0 Å². The Kier molecular flexibility index (Phi) is 4.80. The van der Waals surface area contributed by atoms with Crippen LogP contribution in [0.15, 0.2) is 66.8 Å². The summed E-state index contributed by atoms with van der Waals surface area (Å²) in [6.45, 7) is 12.8. The van der Waals surface area contributed by atoms with Crippen LogP contribution in [0.3, 0.4) is 0 Å². The topological polar surface area (TPSA) is 0 Å². The van der Waals surface area contributed by atoms with E-state index in [1.54, 1.807) is 0 Å². The van der Waals surface area contributed by atoms with Gasteiger partial charge in [-0.1, -0.05) is 80.1 Å². The van der Waals surface area contributed by atoms with Gasteiger partial charge in [-0.3, -0.25) is 0 Å². The van der Waals surface area contributed by atoms with Gasteiger partial charge in [0.2, 0.25) is 0 Å². The molecule has 2 aromatic rings. The highest BCUT2D eigenvalue weighted by Crippen LogP contribution is 2.28. The van der Waals surface area contributed by atoms with E-state index in [2.05, 4.69) is 82.8 Å². The molecule has 0 heteroatoms. The summed E-state index contributed by atoms with van der Waals surface area (Å²) in [6.07, 6.45) is 1.98. The highest BCUT2D eigenvalue weighted by molar-refractivity contribution is 5.79. The number of hydrogen-bond acceptors (Lipinski definition) is 0. The number of benzene rings is 2. The minimum atomic E-state index is 0.529. The quantitative estimate of drug-likeness (QED) is 0.577. The summed E-state index contributed by atoms with van der Waals surface area (Å²) in [4.78, 5) is 0. The highest BCUT2D eigenvalue weighted by Gasteiger charge is 2.07. The zero-order chi connectivity index (χ0) is 15.4. The van der Waals surface area contributed by atoms with Crippen LogP contribution in [0.4, 0.5) is 0 Å². The van der Waals surface area contributed by atoms with Crippen LogP contribution in [0.25, 0.3) is 16.7 Å². The van der Waals surface area contributed by atoms with Crippen LogP contribution in [-0.2, 0) is 0 Å². The fraction of sp³-hybridized carbons (Fsp3) is 0.238. The average molecular weight is 276 g/mol. The summed E-state index contributed by atoms with van der Waals surface area (Å²) in [5.41, 5.74) is 7.67. The van der Waals surface area contributed by atoms with Crippen molar-refractivity contribution in [2.45, 2.75) is 27.7 Å². The van der Waals surface area contributed by atoms with E-state index in [9.17, 15) is 0 Å². The van der Waals surface area contributed by atoms with Gasteiger partial charge in [-0.05, 0) is 48.1 Å². The Hall–Kier alpha value is -2.08. The van der Waals surface area contributed by atoms with Crippen LogP contribution < -0.4 is 0 Å². The monoisotopic (exact) mass is 276 g/mol. The molecule has 0 amide bonds. The van der Waals surface area contributed by atoms with Crippen molar-refractivity contribution in [3.05, 3.63) is 77.9 Å².